The first kappa shape index (κ1) is 20.2. The summed E-state index contributed by atoms with van der Waals surface area (Å²) in [5, 5.41) is 11.2. The van der Waals surface area contributed by atoms with E-state index in [4.69, 9.17) is 5.10 Å². The topological polar surface area (TPSA) is 74.6 Å². The number of likely N-dealkylation sites (tertiary alicyclic amines) is 1. The van der Waals surface area contributed by atoms with E-state index in [-0.39, 0.29) is 17.5 Å². The first-order valence-electron chi connectivity index (χ1n) is 10.6. The van der Waals surface area contributed by atoms with Gasteiger partial charge in [0.2, 0.25) is 0 Å². The van der Waals surface area contributed by atoms with Crippen LogP contribution >= 0.6 is 0 Å². The number of benzene rings is 1. The van der Waals surface area contributed by atoms with Gasteiger partial charge in [0.15, 0.2) is 5.65 Å². The van der Waals surface area contributed by atoms with E-state index in [2.05, 4.69) is 48.5 Å². The summed E-state index contributed by atoms with van der Waals surface area (Å²) in [5.41, 5.74) is 2.91. The fourth-order valence-corrected chi connectivity index (χ4v) is 3.75. The maximum Gasteiger partial charge on any atom is 0.317 e. The molecule has 0 aliphatic carbocycles. The van der Waals surface area contributed by atoms with Crippen molar-refractivity contribution in [2.75, 3.05) is 25.0 Å². The van der Waals surface area contributed by atoms with Crippen LogP contribution in [0.2, 0.25) is 0 Å². The Hall–Kier alpha value is -3.09. The molecule has 0 bridgehead atoms. The summed E-state index contributed by atoms with van der Waals surface area (Å²) in [6, 6.07) is 14.2. The molecule has 2 N–H and O–H groups in total. The molecule has 1 aromatic carbocycles. The molecule has 0 spiro atoms. The zero-order chi connectivity index (χ0) is 21.1. The van der Waals surface area contributed by atoms with E-state index >= 15 is 0 Å². The number of hydrogen-bond donors (Lipinski definition) is 2. The Morgan fingerprint density at radius 2 is 1.97 bits per heavy atom. The average Bonchev–Trinajstić information content (AvgIpc) is 3.37. The second kappa shape index (κ2) is 8.34. The van der Waals surface area contributed by atoms with Gasteiger partial charge in [0, 0.05) is 25.2 Å². The van der Waals surface area contributed by atoms with Gasteiger partial charge in [-0.3, -0.25) is 0 Å². The molecule has 1 fully saturated rings. The van der Waals surface area contributed by atoms with Gasteiger partial charge in [0.05, 0.1) is 17.9 Å². The van der Waals surface area contributed by atoms with Crippen molar-refractivity contribution in [3.05, 3.63) is 48.7 Å². The van der Waals surface area contributed by atoms with Crippen molar-refractivity contribution in [1.82, 2.24) is 24.8 Å². The molecular weight excluding hydrogens is 376 g/mol. The summed E-state index contributed by atoms with van der Waals surface area (Å²) in [6.45, 7) is 8.52. The number of nitrogens with one attached hydrogen (secondary N) is 2. The highest BCUT2D eigenvalue weighted by Gasteiger charge is 2.29. The lowest BCUT2D eigenvalue weighted by Crippen LogP contribution is -2.47. The van der Waals surface area contributed by atoms with Crippen LogP contribution < -0.4 is 10.6 Å². The molecule has 30 heavy (non-hydrogen) atoms. The number of amides is 2. The molecule has 0 radical (unpaired) electrons. The maximum absolute atomic E-state index is 12.6. The largest absolute Gasteiger partial charge is 0.367 e. The Kier molecular flexibility index (Phi) is 5.61. The predicted octanol–water partition coefficient (Wildman–Crippen LogP) is 4.03. The van der Waals surface area contributed by atoms with E-state index < -0.39 is 0 Å². The fourth-order valence-electron chi connectivity index (χ4n) is 3.75. The van der Waals surface area contributed by atoms with Crippen molar-refractivity contribution in [3.63, 3.8) is 0 Å². The lowest BCUT2D eigenvalue weighted by atomic mass is 9.97. The molecule has 7 nitrogen and oxygen atoms in total. The number of anilines is 1. The number of imidazole rings is 1. The summed E-state index contributed by atoms with van der Waals surface area (Å²) in [5.74, 6) is 0.777. The Balaban J connectivity index is 1.43. The molecule has 4 rings (SSSR count). The first-order valence-corrected chi connectivity index (χ1v) is 10.6. The minimum absolute atomic E-state index is 0.0265. The standard InChI is InChI=1S/C23H30N6O/c1-23(2,3)16-26-22(30)28-13-7-10-18(28)14-24-20-11-12-21-25-15-19(29(21)27-20)17-8-5-4-6-9-17/h4-6,8-9,11-12,15,18H,7,10,13-14,16H2,1-3H3,(H,24,27)(H,26,30). The third-order valence-corrected chi connectivity index (χ3v) is 5.36. The fraction of sp³-hybridized carbons (Fsp3) is 0.435. The molecule has 7 heteroatoms. The van der Waals surface area contributed by atoms with Gasteiger partial charge in [0.1, 0.15) is 5.82 Å². The molecule has 3 aromatic rings. The molecule has 0 saturated carbocycles. The summed E-state index contributed by atoms with van der Waals surface area (Å²) in [6.07, 6.45) is 3.87. The maximum atomic E-state index is 12.6. The predicted molar refractivity (Wildman–Crippen MR) is 119 cm³/mol. The molecule has 158 valence electrons. The highest BCUT2D eigenvalue weighted by molar-refractivity contribution is 5.75. The van der Waals surface area contributed by atoms with Crippen molar-refractivity contribution in [2.24, 2.45) is 5.41 Å². The number of carbonyl (C=O) groups excluding carboxylic acids is 1. The van der Waals surface area contributed by atoms with Crippen LogP contribution in [0, 0.1) is 5.41 Å². The number of carbonyl (C=O) groups is 1. The Morgan fingerprint density at radius 1 is 1.17 bits per heavy atom. The molecule has 3 heterocycles. The smallest absolute Gasteiger partial charge is 0.317 e. The van der Waals surface area contributed by atoms with E-state index in [9.17, 15) is 4.79 Å². The van der Waals surface area contributed by atoms with Gasteiger partial charge >= 0.3 is 6.03 Å². The number of hydrogen-bond acceptors (Lipinski definition) is 4. The highest BCUT2D eigenvalue weighted by atomic mass is 16.2. The molecule has 1 atom stereocenters. The number of urea groups is 1. The van der Waals surface area contributed by atoms with Gasteiger partial charge < -0.3 is 15.5 Å². The minimum atomic E-state index is 0.0265. The highest BCUT2D eigenvalue weighted by Crippen LogP contribution is 2.22. The number of nitrogens with zero attached hydrogens (tertiary/aromatic N) is 4. The second-order valence-corrected chi connectivity index (χ2v) is 9.09. The lowest BCUT2D eigenvalue weighted by molar-refractivity contribution is 0.190. The second-order valence-electron chi connectivity index (χ2n) is 9.09. The number of rotatable bonds is 5. The average molecular weight is 407 g/mol. The quantitative estimate of drug-likeness (QED) is 0.671. The van der Waals surface area contributed by atoms with Gasteiger partial charge in [-0.05, 0) is 30.4 Å². The molecule has 1 aliphatic heterocycles. The summed E-state index contributed by atoms with van der Waals surface area (Å²) >= 11 is 0. The van der Waals surface area contributed by atoms with E-state index in [1.165, 1.54) is 0 Å². The number of aromatic nitrogens is 3. The van der Waals surface area contributed by atoms with Crippen LogP contribution in [0.1, 0.15) is 33.6 Å². The lowest BCUT2D eigenvalue weighted by Gasteiger charge is -2.27. The van der Waals surface area contributed by atoms with E-state index in [1.807, 2.05) is 45.9 Å². The van der Waals surface area contributed by atoms with Crippen molar-refractivity contribution < 1.29 is 4.79 Å². The molecular formula is C23H30N6O. The minimum Gasteiger partial charge on any atom is -0.367 e. The zero-order valence-electron chi connectivity index (χ0n) is 17.9. The summed E-state index contributed by atoms with van der Waals surface area (Å²) in [7, 11) is 0. The van der Waals surface area contributed by atoms with Crippen LogP contribution in [-0.4, -0.2) is 51.2 Å². The van der Waals surface area contributed by atoms with Gasteiger partial charge in [-0.25, -0.2) is 14.3 Å². The number of fused-ring (bicyclic) bond motifs is 1. The van der Waals surface area contributed by atoms with E-state index in [0.29, 0.717) is 13.1 Å². The van der Waals surface area contributed by atoms with Gasteiger partial charge in [-0.1, -0.05) is 51.1 Å². The normalized spacial score (nSPS) is 16.8. The van der Waals surface area contributed by atoms with Crippen LogP contribution in [0.5, 0.6) is 0 Å². The third kappa shape index (κ3) is 4.56. The zero-order valence-corrected chi connectivity index (χ0v) is 17.9. The van der Waals surface area contributed by atoms with Crippen LogP contribution in [0.15, 0.2) is 48.7 Å². The van der Waals surface area contributed by atoms with E-state index in [1.54, 1.807) is 0 Å². The van der Waals surface area contributed by atoms with Gasteiger partial charge in [-0.2, -0.15) is 0 Å². The monoisotopic (exact) mass is 406 g/mol. The first-order chi connectivity index (χ1) is 14.4. The molecule has 2 amide bonds. The SMILES string of the molecule is CC(C)(C)CNC(=O)N1CCCC1CNc1ccc2ncc(-c3ccccc3)n2n1. The van der Waals surface area contributed by atoms with Crippen molar-refractivity contribution >= 4 is 17.5 Å². The Morgan fingerprint density at radius 3 is 2.73 bits per heavy atom. The van der Waals surface area contributed by atoms with Crippen molar-refractivity contribution in [1.29, 1.82) is 0 Å². The molecule has 1 saturated heterocycles. The van der Waals surface area contributed by atoms with Crippen LogP contribution in [0.25, 0.3) is 16.9 Å². The molecule has 1 aliphatic rings. The van der Waals surface area contributed by atoms with E-state index in [0.717, 1.165) is 42.1 Å². The van der Waals surface area contributed by atoms with Crippen molar-refractivity contribution in [2.45, 2.75) is 39.7 Å². The van der Waals surface area contributed by atoms with Gasteiger partial charge in [0.25, 0.3) is 0 Å². The van der Waals surface area contributed by atoms with Crippen molar-refractivity contribution in [3.8, 4) is 11.3 Å². The Labute approximate surface area is 177 Å². The van der Waals surface area contributed by atoms with Crippen LogP contribution in [0.3, 0.4) is 0 Å². The third-order valence-electron chi connectivity index (χ3n) is 5.36. The van der Waals surface area contributed by atoms with Crippen LogP contribution in [-0.2, 0) is 0 Å². The summed E-state index contributed by atoms with van der Waals surface area (Å²) < 4.78 is 1.86. The molecule has 2 aromatic heterocycles. The van der Waals surface area contributed by atoms with Crippen LogP contribution in [0.4, 0.5) is 10.6 Å². The summed E-state index contributed by atoms with van der Waals surface area (Å²) in [4.78, 5) is 19.0. The van der Waals surface area contributed by atoms with Gasteiger partial charge in [-0.15, -0.1) is 5.10 Å². The molecule has 1 unspecified atom stereocenters. The Bertz CT molecular complexity index is 1010.